The number of hydrogen-bond acceptors (Lipinski definition) is 3. The number of aliphatic hydroxyl groups excluding tert-OH is 1. The first-order valence-corrected chi connectivity index (χ1v) is 5.90. The first-order chi connectivity index (χ1) is 7.20. The second kappa shape index (κ2) is 4.76. The lowest BCUT2D eigenvalue weighted by atomic mass is 10.0. The third-order valence-corrected chi connectivity index (χ3v) is 3.77. The molecule has 2 atom stereocenters. The molecule has 0 saturated carbocycles. The molecule has 0 bridgehead atoms. The van der Waals surface area contributed by atoms with Crippen LogP contribution in [-0.2, 0) is 0 Å². The summed E-state index contributed by atoms with van der Waals surface area (Å²) in [6.45, 7) is 2.82. The van der Waals surface area contributed by atoms with Gasteiger partial charge in [0.15, 0.2) is 0 Å². The minimum atomic E-state index is -0.734. The van der Waals surface area contributed by atoms with Crippen molar-refractivity contribution in [3.8, 4) is 0 Å². The number of aliphatic hydroxyl groups is 1. The summed E-state index contributed by atoms with van der Waals surface area (Å²) in [7, 11) is 2.13. The maximum Gasteiger partial charge on any atom is 0.114 e. The van der Waals surface area contributed by atoms with Gasteiger partial charge in [0.25, 0.3) is 0 Å². The maximum absolute atomic E-state index is 13.3. The fourth-order valence-electron chi connectivity index (χ4n) is 2.84. The van der Waals surface area contributed by atoms with E-state index in [2.05, 4.69) is 16.8 Å². The van der Waals surface area contributed by atoms with Crippen molar-refractivity contribution in [2.75, 3.05) is 33.3 Å². The van der Waals surface area contributed by atoms with Gasteiger partial charge in [0, 0.05) is 18.6 Å². The van der Waals surface area contributed by atoms with Crippen molar-refractivity contribution in [2.45, 2.75) is 37.5 Å². The largest absolute Gasteiger partial charge is 0.395 e. The van der Waals surface area contributed by atoms with Crippen LogP contribution in [0.15, 0.2) is 0 Å². The molecule has 2 saturated heterocycles. The van der Waals surface area contributed by atoms with Gasteiger partial charge < -0.3 is 10.0 Å². The molecule has 2 unspecified atom stereocenters. The zero-order chi connectivity index (χ0) is 10.8. The molecule has 15 heavy (non-hydrogen) atoms. The van der Waals surface area contributed by atoms with Crippen LogP contribution >= 0.6 is 0 Å². The van der Waals surface area contributed by atoms with Crippen LogP contribution in [0.25, 0.3) is 0 Å². The third kappa shape index (κ3) is 2.49. The Hall–Kier alpha value is -0.190. The van der Waals surface area contributed by atoms with Crippen molar-refractivity contribution in [3.63, 3.8) is 0 Å². The van der Waals surface area contributed by atoms with E-state index in [1.54, 1.807) is 0 Å². The second-order valence-electron chi connectivity index (χ2n) is 4.90. The third-order valence-electron chi connectivity index (χ3n) is 3.77. The highest BCUT2D eigenvalue weighted by atomic mass is 19.1. The number of alkyl halides is 1. The molecule has 88 valence electrons. The summed E-state index contributed by atoms with van der Waals surface area (Å²) in [6, 6.07) is 0.549. The molecule has 2 fully saturated rings. The minimum Gasteiger partial charge on any atom is -0.395 e. The normalized spacial score (nSPS) is 36.2. The first kappa shape index (κ1) is 11.3. The van der Waals surface area contributed by atoms with Gasteiger partial charge in [0.1, 0.15) is 6.17 Å². The molecule has 0 radical (unpaired) electrons. The van der Waals surface area contributed by atoms with Crippen LogP contribution in [0.1, 0.15) is 19.3 Å². The highest BCUT2D eigenvalue weighted by Gasteiger charge is 2.36. The van der Waals surface area contributed by atoms with Gasteiger partial charge in [-0.1, -0.05) is 0 Å². The molecule has 3 nitrogen and oxygen atoms in total. The summed E-state index contributed by atoms with van der Waals surface area (Å²) in [5.74, 6) is 0. The molecule has 0 aromatic heterocycles. The first-order valence-electron chi connectivity index (χ1n) is 5.90. The topological polar surface area (TPSA) is 26.7 Å². The minimum absolute atomic E-state index is 0.0633. The average molecular weight is 216 g/mol. The van der Waals surface area contributed by atoms with Crippen LogP contribution < -0.4 is 0 Å². The van der Waals surface area contributed by atoms with Crippen molar-refractivity contribution in [1.82, 2.24) is 9.80 Å². The van der Waals surface area contributed by atoms with Gasteiger partial charge >= 0.3 is 0 Å². The smallest absolute Gasteiger partial charge is 0.114 e. The maximum atomic E-state index is 13.3. The molecule has 1 N–H and O–H groups in total. The Labute approximate surface area is 90.9 Å². The molecule has 0 aliphatic carbocycles. The molecule has 0 aromatic carbocycles. The molecule has 2 heterocycles. The van der Waals surface area contributed by atoms with E-state index >= 15 is 0 Å². The fraction of sp³-hybridized carbons (Fsp3) is 1.00. The summed E-state index contributed by atoms with van der Waals surface area (Å²) < 4.78 is 13.3. The highest BCUT2D eigenvalue weighted by Crippen LogP contribution is 2.27. The molecular weight excluding hydrogens is 195 g/mol. The lowest BCUT2D eigenvalue weighted by molar-refractivity contribution is 0.0784. The van der Waals surface area contributed by atoms with Crippen molar-refractivity contribution in [3.05, 3.63) is 0 Å². The number of likely N-dealkylation sites (tertiary alicyclic amines) is 2. The number of piperidine rings is 1. The van der Waals surface area contributed by atoms with E-state index in [0.717, 1.165) is 25.9 Å². The predicted molar refractivity (Wildman–Crippen MR) is 57.6 cm³/mol. The van der Waals surface area contributed by atoms with Crippen molar-refractivity contribution in [2.24, 2.45) is 0 Å². The molecule has 0 aromatic rings. The lowest BCUT2D eigenvalue weighted by Gasteiger charge is -2.37. The summed E-state index contributed by atoms with van der Waals surface area (Å²) in [5.41, 5.74) is 0. The van der Waals surface area contributed by atoms with E-state index in [-0.39, 0.29) is 12.6 Å². The number of rotatable bonds is 2. The van der Waals surface area contributed by atoms with Gasteiger partial charge in [-0.15, -0.1) is 0 Å². The van der Waals surface area contributed by atoms with Crippen molar-refractivity contribution in [1.29, 1.82) is 0 Å². The SMILES string of the molecule is CN1CCC(N2CC(F)CC2CO)CC1. The summed E-state index contributed by atoms with van der Waals surface area (Å²) in [6.07, 6.45) is 2.00. The Bertz CT molecular complexity index is 207. The van der Waals surface area contributed by atoms with Crippen LogP contribution in [0.4, 0.5) is 4.39 Å². The summed E-state index contributed by atoms with van der Waals surface area (Å²) in [5, 5.41) is 9.22. The van der Waals surface area contributed by atoms with E-state index in [1.165, 1.54) is 0 Å². The van der Waals surface area contributed by atoms with Crippen LogP contribution in [0.3, 0.4) is 0 Å². The Kier molecular flexibility index (Phi) is 3.59. The molecular formula is C11H21FN2O. The molecule has 2 aliphatic rings. The number of halogens is 1. The van der Waals surface area contributed by atoms with Gasteiger partial charge in [-0.05, 0) is 39.4 Å². The lowest BCUT2D eigenvalue weighted by Crippen LogP contribution is -2.46. The average Bonchev–Trinajstić information content (AvgIpc) is 2.61. The Morgan fingerprint density at radius 3 is 2.60 bits per heavy atom. The predicted octanol–water partition coefficient (Wildman–Crippen LogP) is 0.485. The Morgan fingerprint density at radius 2 is 2.00 bits per heavy atom. The molecule has 0 spiro atoms. The zero-order valence-corrected chi connectivity index (χ0v) is 9.40. The highest BCUT2D eigenvalue weighted by molar-refractivity contribution is 4.91. The summed E-state index contributed by atoms with van der Waals surface area (Å²) in [4.78, 5) is 4.51. The second-order valence-corrected chi connectivity index (χ2v) is 4.90. The van der Waals surface area contributed by atoms with E-state index in [1.807, 2.05) is 0 Å². The quantitative estimate of drug-likeness (QED) is 0.727. The molecule has 4 heteroatoms. The van der Waals surface area contributed by atoms with Crippen LogP contribution in [0.5, 0.6) is 0 Å². The van der Waals surface area contributed by atoms with Crippen molar-refractivity contribution < 1.29 is 9.50 Å². The van der Waals surface area contributed by atoms with E-state index in [0.29, 0.717) is 19.0 Å². The zero-order valence-electron chi connectivity index (χ0n) is 9.40. The molecule has 2 aliphatic heterocycles. The summed E-state index contributed by atoms with van der Waals surface area (Å²) >= 11 is 0. The van der Waals surface area contributed by atoms with Gasteiger partial charge in [0.2, 0.25) is 0 Å². The number of hydrogen-bond donors (Lipinski definition) is 1. The van der Waals surface area contributed by atoms with Crippen LogP contribution in [0.2, 0.25) is 0 Å². The van der Waals surface area contributed by atoms with Gasteiger partial charge in [-0.25, -0.2) is 4.39 Å². The monoisotopic (exact) mass is 216 g/mol. The van der Waals surface area contributed by atoms with E-state index in [9.17, 15) is 9.50 Å². The van der Waals surface area contributed by atoms with Crippen LogP contribution in [-0.4, -0.2) is 66.5 Å². The standard InChI is InChI=1S/C11H21FN2O/c1-13-4-2-10(3-5-13)14-7-9(12)6-11(14)8-15/h9-11,15H,2-8H2,1H3. The fourth-order valence-corrected chi connectivity index (χ4v) is 2.84. The van der Waals surface area contributed by atoms with Crippen LogP contribution in [0, 0.1) is 0 Å². The van der Waals surface area contributed by atoms with E-state index < -0.39 is 6.17 Å². The molecule has 2 rings (SSSR count). The van der Waals surface area contributed by atoms with E-state index in [4.69, 9.17) is 0 Å². The van der Waals surface area contributed by atoms with Gasteiger partial charge in [-0.2, -0.15) is 0 Å². The van der Waals surface area contributed by atoms with Gasteiger partial charge in [-0.3, -0.25) is 4.90 Å². The Balaban J connectivity index is 1.91. The molecule has 0 amide bonds. The number of nitrogens with zero attached hydrogens (tertiary/aromatic N) is 2. The van der Waals surface area contributed by atoms with Crippen molar-refractivity contribution >= 4 is 0 Å². The Morgan fingerprint density at radius 1 is 1.33 bits per heavy atom. The van der Waals surface area contributed by atoms with Gasteiger partial charge in [0.05, 0.1) is 6.61 Å².